The molecule has 1 aromatic carbocycles. The maximum atomic E-state index is 13.8. The van der Waals surface area contributed by atoms with Gasteiger partial charge in [0.05, 0.1) is 10.5 Å². The lowest BCUT2D eigenvalue weighted by Crippen LogP contribution is -2.41. The van der Waals surface area contributed by atoms with Crippen molar-refractivity contribution in [2.24, 2.45) is 5.92 Å². The lowest BCUT2D eigenvalue weighted by atomic mass is 10.0. The summed E-state index contributed by atoms with van der Waals surface area (Å²) in [5.41, 5.74) is -0.531. The number of carbonyl (C=O) groups excluding carboxylic acids is 2. The van der Waals surface area contributed by atoms with Gasteiger partial charge in [-0.15, -0.1) is 0 Å². The Morgan fingerprint density at radius 1 is 1.40 bits per heavy atom. The molecule has 0 saturated carbocycles. The average molecular weight is 372 g/mol. The Bertz CT molecular complexity index is 766. The number of ether oxygens (including phenoxy) is 1. The van der Waals surface area contributed by atoms with Crippen LogP contribution in [0.2, 0.25) is 0 Å². The van der Waals surface area contributed by atoms with Gasteiger partial charge in [0.1, 0.15) is 5.82 Å². The van der Waals surface area contributed by atoms with Crippen LogP contribution in [-0.2, 0) is 19.6 Å². The van der Waals surface area contributed by atoms with Gasteiger partial charge in [-0.3, -0.25) is 4.79 Å². The van der Waals surface area contributed by atoms with Crippen molar-refractivity contribution in [2.45, 2.75) is 24.7 Å². The van der Waals surface area contributed by atoms with Gasteiger partial charge >= 0.3 is 5.97 Å². The lowest BCUT2D eigenvalue weighted by Gasteiger charge is -2.30. The second-order valence-electron chi connectivity index (χ2n) is 6.01. The third-order valence-electron chi connectivity index (χ3n) is 4.07. The van der Waals surface area contributed by atoms with Crippen molar-refractivity contribution in [2.75, 3.05) is 26.7 Å². The Hall–Kier alpha value is -2.00. The van der Waals surface area contributed by atoms with E-state index in [0.717, 1.165) is 31.0 Å². The summed E-state index contributed by atoms with van der Waals surface area (Å²) in [6.45, 7) is 2.73. The van der Waals surface area contributed by atoms with Crippen LogP contribution in [0.15, 0.2) is 23.1 Å². The first-order valence-corrected chi connectivity index (χ1v) is 9.41. The van der Waals surface area contributed by atoms with E-state index >= 15 is 0 Å². The van der Waals surface area contributed by atoms with E-state index in [1.54, 1.807) is 4.90 Å². The van der Waals surface area contributed by atoms with Crippen molar-refractivity contribution in [3.05, 3.63) is 29.6 Å². The van der Waals surface area contributed by atoms with Gasteiger partial charge < -0.3 is 9.64 Å². The molecule has 0 aliphatic carbocycles. The molecule has 1 heterocycles. The molecule has 1 atom stereocenters. The molecule has 1 aromatic rings. The molecule has 1 aliphatic heterocycles. The van der Waals surface area contributed by atoms with Gasteiger partial charge in [0.25, 0.3) is 5.91 Å². The van der Waals surface area contributed by atoms with Crippen molar-refractivity contribution in [3.8, 4) is 0 Å². The minimum atomic E-state index is -3.83. The van der Waals surface area contributed by atoms with Crippen LogP contribution in [0.3, 0.4) is 0 Å². The van der Waals surface area contributed by atoms with Crippen molar-refractivity contribution in [1.29, 1.82) is 0 Å². The predicted octanol–water partition coefficient (Wildman–Crippen LogP) is 1.15. The molecule has 1 N–H and O–H groups in total. The van der Waals surface area contributed by atoms with Crippen LogP contribution in [0, 0.1) is 11.7 Å². The smallest absolute Gasteiger partial charge is 0.341 e. The molecule has 1 aliphatic rings. The molecule has 0 spiro atoms. The van der Waals surface area contributed by atoms with Crippen LogP contribution in [0.25, 0.3) is 0 Å². The molecule has 0 radical (unpaired) electrons. The number of rotatable bonds is 5. The highest BCUT2D eigenvalue weighted by atomic mass is 32.2. The van der Waals surface area contributed by atoms with Gasteiger partial charge in [-0.2, -0.15) is 0 Å². The van der Waals surface area contributed by atoms with Gasteiger partial charge in [0, 0.05) is 13.1 Å². The zero-order valence-electron chi connectivity index (χ0n) is 14.1. The quantitative estimate of drug-likeness (QED) is 0.783. The molecule has 2 rings (SSSR count). The molecule has 1 saturated heterocycles. The molecule has 0 bridgehead atoms. The molecular weight excluding hydrogens is 351 g/mol. The van der Waals surface area contributed by atoms with E-state index in [0.29, 0.717) is 19.0 Å². The zero-order valence-corrected chi connectivity index (χ0v) is 14.9. The van der Waals surface area contributed by atoms with Crippen LogP contribution < -0.4 is 4.72 Å². The normalized spacial score (nSPS) is 18.0. The molecule has 25 heavy (non-hydrogen) atoms. The van der Waals surface area contributed by atoms with E-state index in [1.807, 2.05) is 6.92 Å². The van der Waals surface area contributed by atoms with E-state index in [-0.39, 0.29) is 10.8 Å². The first-order chi connectivity index (χ1) is 11.7. The summed E-state index contributed by atoms with van der Waals surface area (Å²) in [4.78, 5) is 25.5. The Morgan fingerprint density at radius 3 is 2.76 bits per heavy atom. The molecule has 138 valence electrons. The number of piperidine rings is 1. The van der Waals surface area contributed by atoms with E-state index in [4.69, 9.17) is 4.74 Å². The Balaban J connectivity index is 2.05. The van der Waals surface area contributed by atoms with Crippen molar-refractivity contribution in [1.82, 2.24) is 9.62 Å². The van der Waals surface area contributed by atoms with E-state index < -0.39 is 34.0 Å². The number of amides is 1. The van der Waals surface area contributed by atoms with Crippen molar-refractivity contribution < 1.29 is 27.1 Å². The van der Waals surface area contributed by atoms with Crippen molar-refractivity contribution in [3.63, 3.8) is 0 Å². The summed E-state index contributed by atoms with van der Waals surface area (Å²) in [7, 11) is -2.62. The summed E-state index contributed by atoms with van der Waals surface area (Å²) >= 11 is 0. The minimum absolute atomic E-state index is 0.264. The second-order valence-corrected chi connectivity index (χ2v) is 7.90. The second kappa shape index (κ2) is 7.92. The third-order valence-corrected chi connectivity index (χ3v) is 5.49. The summed E-state index contributed by atoms with van der Waals surface area (Å²) in [6.07, 6.45) is 1.93. The number of esters is 1. The summed E-state index contributed by atoms with van der Waals surface area (Å²) in [6, 6.07) is 2.80. The monoisotopic (exact) mass is 372 g/mol. The standard InChI is InChI=1S/C16H21FN2O5S/c1-11-4-3-7-19(9-11)15(20)10-24-16(21)13-8-12(5-6-14(13)17)25(22,23)18-2/h5-6,8,11,18H,3-4,7,9-10H2,1-2H3. The maximum absolute atomic E-state index is 13.8. The molecule has 0 aromatic heterocycles. The molecular formula is C16H21FN2O5S. The zero-order chi connectivity index (χ0) is 18.6. The van der Waals surface area contributed by atoms with E-state index in [2.05, 4.69) is 4.72 Å². The number of nitrogens with one attached hydrogen (secondary N) is 1. The molecule has 7 nitrogen and oxygen atoms in total. The number of hydrogen-bond donors (Lipinski definition) is 1. The van der Waals surface area contributed by atoms with Crippen LogP contribution in [0.1, 0.15) is 30.1 Å². The number of likely N-dealkylation sites (tertiary alicyclic amines) is 1. The highest BCUT2D eigenvalue weighted by Gasteiger charge is 2.24. The number of hydrogen-bond acceptors (Lipinski definition) is 5. The highest BCUT2D eigenvalue weighted by molar-refractivity contribution is 7.89. The van der Waals surface area contributed by atoms with Gasteiger partial charge in [-0.25, -0.2) is 22.3 Å². The third kappa shape index (κ3) is 4.76. The SMILES string of the molecule is CNS(=O)(=O)c1ccc(F)c(C(=O)OCC(=O)N2CCCC(C)C2)c1. The fourth-order valence-electron chi connectivity index (χ4n) is 2.66. The Labute approximate surface area is 146 Å². The largest absolute Gasteiger partial charge is 0.452 e. The van der Waals surface area contributed by atoms with Crippen LogP contribution in [0.5, 0.6) is 0 Å². The first-order valence-electron chi connectivity index (χ1n) is 7.92. The molecule has 1 unspecified atom stereocenters. The van der Waals surface area contributed by atoms with Gasteiger partial charge in [0.15, 0.2) is 6.61 Å². The van der Waals surface area contributed by atoms with Gasteiger partial charge in [-0.05, 0) is 44.0 Å². The van der Waals surface area contributed by atoms with Crippen LogP contribution in [-0.4, -0.2) is 51.9 Å². The number of halogens is 1. The fourth-order valence-corrected chi connectivity index (χ4v) is 3.41. The van der Waals surface area contributed by atoms with Crippen LogP contribution in [0.4, 0.5) is 4.39 Å². The topological polar surface area (TPSA) is 92.8 Å². The average Bonchev–Trinajstić information content (AvgIpc) is 2.59. The fraction of sp³-hybridized carbons (Fsp3) is 0.500. The number of sulfonamides is 1. The first kappa shape index (κ1) is 19.3. The molecule has 1 amide bonds. The van der Waals surface area contributed by atoms with E-state index in [9.17, 15) is 22.4 Å². The predicted molar refractivity (Wildman–Crippen MR) is 87.9 cm³/mol. The van der Waals surface area contributed by atoms with E-state index in [1.165, 1.54) is 7.05 Å². The molecule has 1 fully saturated rings. The summed E-state index contributed by atoms with van der Waals surface area (Å²) in [5.74, 6) is -1.96. The maximum Gasteiger partial charge on any atom is 0.341 e. The number of benzene rings is 1. The highest BCUT2D eigenvalue weighted by Crippen LogP contribution is 2.17. The lowest BCUT2D eigenvalue weighted by molar-refractivity contribution is -0.136. The minimum Gasteiger partial charge on any atom is -0.452 e. The summed E-state index contributed by atoms with van der Waals surface area (Å²) in [5, 5.41) is 0. The van der Waals surface area contributed by atoms with Gasteiger partial charge in [-0.1, -0.05) is 6.92 Å². The summed E-state index contributed by atoms with van der Waals surface area (Å²) < 4.78 is 44.3. The van der Waals surface area contributed by atoms with Crippen molar-refractivity contribution >= 4 is 21.9 Å². The Kier molecular flexibility index (Phi) is 6.12. The Morgan fingerprint density at radius 2 is 2.12 bits per heavy atom. The molecule has 9 heteroatoms. The number of nitrogens with zero attached hydrogens (tertiary/aromatic N) is 1. The van der Waals surface area contributed by atoms with Gasteiger partial charge in [0.2, 0.25) is 10.0 Å². The van der Waals surface area contributed by atoms with Crippen LogP contribution >= 0.6 is 0 Å². The number of carbonyl (C=O) groups is 2.